The van der Waals surface area contributed by atoms with Crippen LogP contribution in [0.15, 0.2) is 47.1 Å². The molecule has 2 N–H and O–H groups in total. The summed E-state index contributed by atoms with van der Waals surface area (Å²) in [4.78, 5) is 12.0. The van der Waals surface area contributed by atoms with Crippen LogP contribution in [0.5, 0.6) is 0 Å². The van der Waals surface area contributed by atoms with E-state index < -0.39 is 15.9 Å². The second-order valence-corrected chi connectivity index (χ2v) is 6.88. The first-order chi connectivity index (χ1) is 9.86. The van der Waals surface area contributed by atoms with E-state index >= 15 is 0 Å². The van der Waals surface area contributed by atoms with Crippen molar-refractivity contribution in [3.05, 3.63) is 53.4 Å². The van der Waals surface area contributed by atoms with E-state index in [9.17, 15) is 4.79 Å². The first kappa shape index (κ1) is 16.3. The molecule has 1 aromatic carbocycles. The highest BCUT2D eigenvalue weighted by atomic mass is 35.6. The van der Waals surface area contributed by atoms with Crippen molar-refractivity contribution in [3.8, 4) is 0 Å². The van der Waals surface area contributed by atoms with Crippen LogP contribution in [0.2, 0.25) is 5.02 Å². The average molecular weight is 368 g/mol. The molecule has 21 heavy (non-hydrogen) atoms. The molecule has 1 amide bonds. The lowest BCUT2D eigenvalue weighted by Crippen LogP contribution is -2.49. The number of alkyl halides is 3. The number of anilines is 1. The number of amides is 1. The summed E-state index contributed by atoms with van der Waals surface area (Å²) in [5.41, 5.74) is 0.635. The van der Waals surface area contributed by atoms with Crippen molar-refractivity contribution < 1.29 is 9.21 Å². The lowest BCUT2D eigenvalue weighted by atomic mass is 10.3. The normalized spacial score (nSPS) is 12.8. The number of halogens is 4. The molecular weight excluding hydrogens is 358 g/mol. The van der Waals surface area contributed by atoms with Gasteiger partial charge in [-0.3, -0.25) is 4.79 Å². The fourth-order valence-corrected chi connectivity index (χ4v) is 1.98. The van der Waals surface area contributed by atoms with Gasteiger partial charge in [0.25, 0.3) is 5.91 Å². The fraction of sp³-hybridized carbons (Fsp3) is 0.154. The Morgan fingerprint density at radius 2 is 1.81 bits per heavy atom. The third-order valence-electron chi connectivity index (χ3n) is 2.50. The second-order valence-electron chi connectivity index (χ2n) is 4.08. The number of furan rings is 1. The minimum absolute atomic E-state index is 0.118. The van der Waals surface area contributed by atoms with E-state index in [1.807, 2.05) is 0 Å². The van der Waals surface area contributed by atoms with Crippen LogP contribution in [0.25, 0.3) is 0 Å². The van der Waals surface area contributed by atoms with Gasteiger partial charge in [-0.2, -0.15) is 0 Å². The zero-order chi connectivity index (χ0) is 15.5. The molecule has 0 bridgehead atoms. The Balaban J connectivity index is 2.12. The lowest BCUT2D eigenvalue weighted by molar-refractivity contribution is 0.0914. The Morgan fingerprint density at radius 1 is 1.14 bits per heavy atom. The van der Waals surface area contributed by atoms with Gasteiger partial charge < -0.3 is 15.1 Å². The zero-order valence-electron chi connectivity index (χ0n) is 10.4. The first-order valence-corrected chi connectivity index (χ1v) is 7.30. The summed E-state index contributed by atoms with van der Waals surface area (Å²) in [6.07, 6.45) is 0.424. The predicted molar refractivity (Wildman–Crippen MR) is 85.3 cm³/mol. The molecule has 2 rings (SSSR count). The molecule has 2 aromatic rings. The molecule has 0 aliphatic carbocycles. The van der Waals surface area contributed by atoms with Gasteiger partial charge in [-0.05, 0) is 36.4 Å². The van der Waals surface area contributed by atoms with E-state index in [1.54, 1.807) is 30.3 Å². The molecule has 8 heteroatoms. The van der Waals surface area contributed by atoms with Crippen molar-refractivity contribution in [2.75, 3.05) is 5.32 Å². The van der Waals surface area contributed by atoms with Gasteiger partial charge in [0, 0.05) is 10.7 Å². The maximum Gasteiger partial charge on any atom is 0.288 e. The Hall–Kier alpha value is -1.07. The summed E-state index contributed by atoms with van der Waals surface area (Å²) >= 11 is 23.5. The molecule has 0 aliphatic heterocycles. The van der Waals surface area contributed by atoms with Gasteiger partial charge in [-0.1, -0.05) is 46.4 Å². The van der Waals surface area contributed by atoms with Gasteiger partial charge in [0.15, 0.2) is 5.76 Å². The van der Waals surface area contributed by atoms with Crippen LogP contribution in [-0.2, 0) is 0 Å². The standard InChI is InChI=1S/C13H10Cl4N2O2/c14-8-3-5-9(6-4-8)18-12(13(15,16)17)19-11(20)10-2-1-7-21-10/h1-7,12,18H,(H,19,20). The van der Waals surface area contributed by atoms with Crippen LogP contribution in [0.1, 0.15) is 10.6 Å². The predicted octanol–water partition coefficient (Wildman–Crippen LogP) is 4.47. The quantitative estimate of drug-likeness (QED) is 0.619. The third kappa shape index (κ3) is 4.71. The number of nitrogens with one attached hydrogen (secondary N) is 2. The fourth-order valence-electron chi connectivity index (χ4n) is 1.52. The van der Waals surface area contributed by atoms with E-state index in [-0.39, 0.29) is 5.76 Å². The number of hydrogen-bond donors (Lipinski definition) is 2. The summed E-state index contributed by atoms with van der Waals surface area (Å²) < 4.78 is 3.23. The van der Waals surface area contributed by atoms with Crippen molar-refractivity contribution in [2.24, 2.45) is 0 Å². The number of hydrogen-bond acceptors (Lipinski definition) is 3. The highest BCUT2D eigenvalue weighted by molar-refractivity contribution is 6.68. The molecule has 0 saturated carbocycles. The number of carbonyl (C=O) groups is 1. The molecule has 4 nitrogen and oxygen atoms in total. The number of carbonyl (C=O) groups excluding carboxylic acids is 1. The zero-order valence-corrected chi connectivity index (χ0v) is 13.5. The monoisotopic (exact) mass is 366 g/mol. The Morgan fingerprint density at radius 3 is 2.33 bits per heavy atom. The van der Waals surface area contributed by atoms with Crippen molar-refractivity contribution >= 4 is 58.0 Å². The lowest BCUT2D eigenvalue weighted by Gasteiger charge is -2.27. The number of benzene rings is 1. The van der Waals surface area contributed by atoms with Crippen LogP contribution >= 0.6 is 46.4 Å². The van der Waals surface area contributed by atoms with Gasteiger partial charge in [-0.25, -0.2) is 0 Å². The topological polar surface area (TPSA) is 54.3 Å². The SMILES string of the molecule is O=C(NC(Nc1ccc(Cl)cc1)C(Cl)(Cl)Cl)c1ccco1. The molecular formula is C13H10Cl4N2O2. The maximum atomic E-state index is 12.0. The van der Waals surface area contributed by atoms with Crippen molar-refractivity contribution in [1.29, 1.82) is 0 Å². The molecule has 0 radical (unpaired) electrons. The smallest absolute Gasteiger partial charge is 0.288 e. The van der Waals surface area contributed by atoms with Crippen LogP contribution in [0.3, 0.4) is 0 Å². The van der Waals surface area contributed by atoms with E-state index in [0.717, 1.165) is 0 Å². The van der Waals surface area contributed by atoms with Crippen LogP contribution in [0.4, 0.5) is 5.69 Å². The van der Waals surface area contributed by atoms with Crippen LogP contribution in [0, 0.1) is 0 Å². The van der Waals surface area contributed by atoms with E-state index in [0.29, 0.717) is 10.7 Å². The molecule has 1 atom stereocenters. The van der Waals surface area contributed by atoms with Gasteiger partial charge >= 0.3 is 0 Å². The van der Waals surface area contributed by atoms with Crippen molar-refractivity contribution in [3.63, 3.8) is 0 Å². The Bertz CT molecular complexity index is 594. The highest BCUT2D eigenvalue weighted by Crippen LogP contribution is 2.31. The molecule has 1 unspecified atom stereocenters. The van der Waals surface area contributed by atoms with E-state index in [2.05, 4.69) is 10.6 Å². The minimum Gasteiger partial charge on any atom is -0.459 e. The van der Waals surface area contributed by atoms with Gasteiger partial charge in [0.1, 0.15) is 6.17 Å². The molecule has 0 fully saturated rings. The molecule has 0 spiro atoms. The average Bonchev–Trinajstić information content (AvgIpc) is 2.93. The Kier molecular flexibility index (Phi) is 5.27. The minimum atomic E-state index is -1.76. The largest absolute Gasteiger partial charge is 0.459 e. The molecule has 112 valence electrons. The van der Waals surface area contributed by atoms with Crippen LogP contribution in [-0.4, -0.2) is 15.9 Å². The summed E-state index contributed by atoms with van der Waals surface area (Å²) in [6, 6.07) is 9.84. The summed E-state index contributed by atoms with van der Waals surface area (Å²) in [7, 11) is 0. The highest BCUT2D eigenvalue weighted by Gasteiger charge is 2.34. The number of rotatable bonds is 4. The molecule has 0 aliphatic rings. The van der Waals surface area contributed by atoms with E-state index in [1.165, 1.54) is 12.3 Å². The van der Waals surface area contributed by atoms with Gasteiger partial charge in [0.05, 0.1) is 6.26 Å². The molecule has 1 aromatic heterocycles. The van der Waals surface area contributed by atoms with Gasteiger partial charge in [0.2, 0.25) is 3.79 Å². The van der Waals surface area contributed by atoms with E-state index in [4.69, 9.17) is 50.8 Å². The Labute approximate surface area is 141 Å². The molecule has 0 saturated heterocycles. The summed E-state index contributed by atoms with van der Waals surface area (Å²) in [6.45, 7) is 0. The van der Waals surface area contributed by atoms with Crippen LogP contribution < -0.4 is 10.6 Å². The molecule has 1 heterocycles. The third-order valence-corrected chi connectivity index (χ3v) is 3.41. The second kappa shape index (κ2) is 6.79. The van der Waals surface area contributed by atoms with Gasteiger partial charge in [-0.15, -0.1) is 0 Å². The van der Waals surface area contributed by atoms with Crippen molar-refractivity contribution in [1.82, 2.24) is 5.32 Å². The van der Waals surface area contributed by atoms with Crippen molar-refractivity contribution in [2.45, 2.75) is 9.96 Å². The summed E-state index contributed by atoms with van der Waals surface area (Å²) in [5, 5.41) is 6.04. The first-order valence-electron chi connectivity index (χ1n) is 5.79. The maximum absolute atomic E-state index is 12.0. The summed E-state index contributed by atoms with van der Waals surface area (Å²) in [5.74, 6) is -0.384.